The van der Waals surface area contributed by atoms with Crippen molar-refractivity contribution in [2.45, 2.75) is 38.5 Å². The second-order valence-corrected chi connectivity index (χ2v) is 8.13. The van der Waals surface area contributed by atoms with E-state index in [4.69, 9.17) is 0 Å². The number of nitrogens with zero attached hydrogens (tertiary/aromatic N) is 1. The number of carboxylic acids is 1. The minimum atomic E-state index is -0.851. The molecule has 3 saturated carbocycles. The third-order valence-corrected chi connectivity index (χ3v) is 6.60. The minimum absolute atomic E-state index is 0.0286. The van der Waals surface area contributed by atoms with E-state index in [1.807, 2.05) is 4.90 Å². The summed E-state index contributed by atoms with van der Waals surface area (Å²) in [5.74, 6) is -1.78. The highest BCUT2D eigenvalue weighted by molar-refractivity contribution is 5.97. The second kappa shape index (κ2) is 7.33. The Morgan fingerprint density at radius 3 is 2.00 bits per heavy atom. The Bertz CT molecular complexity index is 731. The van der Waals surface area contributed by atoms with Crippen molar-refractivity contribution >= 4 is 23.5 Å². The fourth-order valence-corrected chi connectivity index (χ4v) is 5.21. The van der Waals surface area contributed by atoms with E-state index in [0.29, 0.717) is 11.3 Å². The molecule has 1 aromatic carbocycles. The first-order valence-corrected chi connectivity index (χ1v) is 9.97. The third-order valence-electron chi connectivity index (χ3n) is 6.60. The van der Waals surface area contributed by atoms with Crippen molar-refractivity contribution in [2.75, 3.05) is 18.4 Å². The van der Waals surface area contributed by atoms with Crippen LogP contribution in [0.2, 0.25) is 0 Å². The molecule has 1 heterocycles. The van der Waals surface area contributed by atoms with Gasteiger partial charge in [0.1, 0.15) is 0 Å². The van der Waals surface area contributed by atoms with Crippen molar-refractivity contribution in [1.82, 2.24) is 4.90 Å². The van der Waals surface area contributed by atoms with Gasteiger partial charge in [0, 0.05) is 24.3 Å². The molecule has 144 valence electrons. The summed E-state index contributed by atoms with van der Waals surface area (Å²) in [6, 6.07) is 6.94. The van der Waals surface area contributed by atoms with Crippen molar-refractivity contribution < 1.29 is 19.5 Å². The molecule has 0 spiro atoms. The maximum absolute atomic E-state index is 12.9. The number of hydrogen-bond donors (Lipinski definition) is 2. The SMILES string of the molecule is O=C(Nc1ccc(C(=O)N2CCCC2)cc1)[C@@H]1C2CCC(CC2)[C@@H]1C(=O)O. The van der Waals surface area contributed by atoms with Crippen LogP contribution in [-0.2, 0) is 9.59 Å². The molecule has 4 fully saturated rings. The van der Waals surface area contributed by atoms with E-state index in [9.17, 15) is 19.5 Å². The maximum Gasteiger partial charge on any atom is 0.307 e. The quantitative estimate of drug-likeness (QED) is 0.853. The summed E-state index contributed by atoms with van der Waals surface area (Å²) in [6.07, 6.45) is 5.81. The number of aliphatic carboxylic acids is 1. The highest BCUT2D eigenvalue weighted by atomic mass is 16.4. The lowest BCUT2D eigenvalue weighted by Gasteiger charge is -2.45. The highest BCUT2D eigenvalue weighted by Crippen LogP contribution is 2.49. The van der Waals surface area contributed by atoms with Gasteiger partial charge in [-0.15, -0.1) is 0 Å². The summed E-state index contributed by atoms with van der Waals surface area (Å²) in [5, 5.41) is 12.5. The van der Waals surface area contributed by atoms with Gasteiger partial charge in [0.25, 0.3) is 5.91 Å². The van der Waals surface area contributed by atoms with E-state index >= 15 is 0 Å². The molecule has 1 saturated heterocycles. The normalized spacial score (nSPS) is 29.6. The van der Waals surface area contributed by atoms with Crippen molar-refractivity contribution in [3.05, 3.63) is 29.8 Å². The molecule has 5 rings (SSSR count). The van der Waals surface area contributed by atoms with E-state index < -0.39 is 17.8 Å². The first kappa shape index (κ1) is 18.0. The smallest absolute Gasteiger partial charge is 0.307 e. The van der Waals surface area contributed by atoms with E-state index in [1.54, 1.807) is 24.3 Å². The largest absolute Gasteiger partial charge is 0.481 e. The zero-order valence-electron chi connectivity index (χ0n) is 15.4. The van der Waals surface area contributed by atoms with E-state index in [-0.39, 0.29) is 23.7 Å². The molecular weight excluding hydrogens is 344 g/mol. The molecule has 6 nitrogen and oxygen atoms in total. The van der Waals surface area contributed by atoms with Crippen LogP contribution in [0.3, 0.4) is 0 Å². The van der Waals surface area contributed by atoms with Crippen LogP contribution in [0, 0.1) is 23.7 Å². The van der Waals surface area contributed by atoms with Crippen molar-refractivity contribution in [2.24, 2.45) is 23.7 Å². The molecule has 0 unspecified atom stereocenters. The first-order valence-electron chi connectivity index (χ1n) is 9.97. The van der Waals surface area contributed by atoms with Gasteiger partial charge in [0.05, 0.1) is 11.8 Å². The fraction of sp³-hybridized carbons (Fsp3) is 0.571. The van der Waals surface area contributed by atoms with Gasteiger partial charge in [-0.05, 0) is 74.6 Å². The lowest BCUT2D eigenvalue weighted by atomic mass is 9.58. The molecule has 4 aliphatic rings. The van der Waals surface area contributed by atoms with Gasteiger partial charge in [-0.25, -0.2) is 0 Å². The number of fused-ring (bicyclic) bond motifs is 3. The van der Waals surface area contributed by atoms with Gasteiger partial charge in [0.15, 0.2) is 0 Å². The molecule has 0 radical (unpaired) electrons. The van der Waals surface area contributed by atoms with E-state index in [0.717, 1.165) is 51.6 Å². The first-order chi connectivity index (χ1) is 13.0. The number of carboxylic acid groups (broad SMARTS) is 1. The van der Waals surface area contributed by atoms with E-state index in [2.05, 4.69) is 5.32 Å². The van der Waals surface area contributed by atoms with Crippen LogP contribution in [0.1, 0.15) is 48.9 Å². The number of hydrogen-bond acceptors (Lipinski definition) is 3. The molecule has 2 amide bonds. The van der Waals surface area contributed by atoms with Crippen LogP contribution in [0.25, 0.3) is 0 Å². The fourth-order valence-electron chi connectivity index (χ4n) is 5.21. The lowest BCUT2D eigenvalue weighted by Crippen LogP contribution is -2.49. The number of benzene rings is 1. The van der Waals surface area contributed by atoms with Crippen LogP contribution in [-0.4, -0.2) is 40.9 Å². The topological polar surface area (TPSA) is 86.7 Å². The molecule has 1 aromatic rings. The summed E-state index contributed by atoms with van der Waals surface area (Å²) in [5.41, 5.74) is 1.23. The van der Waals surface area contributed by atoms with Gasteiger partial charge < -0.3 is 15.3 Å². The van der Waals surface area contributed by atoms with Crippen molar-refractivity contribution in [3.63, 3.8) is 0 Å². The highest BCUT2D eigenvalue weighted by Gasteiger charge is 2.50. The molecule has 2 bridgehead atoms. The summed E-state index contributed by atoms with van der Waals surface area (Å²) in [7, 11) is 0. The number of rotatable bonds is 4. The Balaban J connectivity index is 1.44. The standard InChI is InChI=1S/C21H26N2O4/c24-19(17-13-3-5-14(6-4-13)18(17)21(26)27)22-16-9-7-15(8-10-16)20(25)23-11-1-2-12-23/h7-10,13-14,17-18H,1-6,11-12H2,(H,22,24)(H,26,27)/t13?,14?,17-,18+/m1/s1. The number of amides is 2. The summed E-state index contributed by atoms with van der Waals surface area (Å²) >= 11 is 0. The summed E-state index contributed by atoms with van der Waals surface area (Å²) in [4.78, 5) is 38.8. The average Bonchev–Trinajstić information content (AvgIpc) is 3.23. The van der Waals surface area contributed by atoms with Crippen LogP contribution in [0.4, 0.5) is 5.69 Å². The second-order valence-electron chi connectivity index (χ2n) is 8.13. The van der Waals surface area contributed by atoms with Gasteiger partial charge in [-0.3, -0.25) is 14.4 Å². The predicted molar refractivity (Wildman–Crippen MR) is 100 cm³/mol. The van der Waals surface area contributed by atoms with Crippen LogP contribution < -0.4 is 5.32 Å². The number of carbonyl (C=O) groups is 3. The van der Waals surface area contributed by atoms with Crippen molar-refractivity contribution in [1.29, 1.82) is 0 Å². The number of nitrogens with one attached hydrogen (secondary N) is 1. The van der Waals surface area contributed by atoms with Crippen LogP contribution in [0.15, 0.2) is 24.3 Å². The van der Waals surface area contributed by atoms with Crippen molar-refractivity contribution in [3.8, 4) is 0 Å². The van der Waals surface area contributed by atoms with Gasteiger partial charge >= 0.3 is 5.97 Å². The van der Waals surface area contributed by atoms with Gasteiger partial charge in [-0.2, -0.15) is 0 Å². The molecular formula is C21H26N2O4. The minimum Gasteiger partial charge on any atom is -0.481 e. The predicted octanol–water partition coefficient (Wildman–Crippen LogP) is 3.00. The Hall–Kier alpha value is -2.37. The zero-order valence-corrected chi connectivity index (χ0v) is 15.4. The third kappa shape index (κ3) is 3.45. The number of likely N-dealkylation sites (tertiary alicyclic amines) is 1. The average molecular weight is 370 g/mol. The van der Waals surface area contributed by atoms with Crippen LogP contribution in [0.5, 0.6) is 0 Å². The molecule has 1 aliphatic heterocycles. The monoisotopic (exact) mass is 370 g/mol. The summed E-state index contributed by atoms with van der Waals surface area (Å²) in [6.45, 7) is 1.61. The Morgan fingerprint density at radius 2 is 1.44 bits per heavy atom. The Kier molecular flexibility index (Phi) is 4.89. The Morgan fingerprint density at radius 1 is 0.889 bits per heavy atom. The molecule has 2 atom stereocenters. The molecule has 0 aromatic heterocycles. The number of carbonyl (C=O) groups excluding carboxylic acids is 2. The van der Waals surface area contributed by atoms with Gasteiger partial charge in [-0.1, -0.05) is 0 Å². The zero-order chi connectivity index (χ0) is 19.0. The molecule has 3 aliphatic carbocycles. The number of anilines is 1. The molecule has 6 heteroatoms. The molecule has 27 heavy (non-hydrogen) atoms. The lowest BCUT2D eigenvalue weighted by molar-refractivity contribution is -0.156. The Labute approximate surface area is 158 Å². The maximum atomic E-state index is 12.9. The van der Waals surface area contributed by atoms with Crippen LogP contribution >= 0.6 is 0 Å². The van der Waals surface area contributed by atoms with E-state index in [1.165, 1.54) is 0 Å². The molecule has 2 N–H and O–H groups in total. The van der Waals surface area contributed by atoms with Gasteiger partial charge in [0.2, 0.25) is 5.91 Å². The summed E-state index contributed by atoms with van der Waals surface area (Å²) < 4.78 is 0.